The maximum Gasteiger partial charge on any atom is 0.277 e. The molecule has 0 spiro atoms. The van der Waals surface area contributed by atoms with Crippen molar-refractivity contribution < 1.29 is 8.94 Å². The van der Waals surface area contributed by atoms with Crippen molar-refractivity contribution in [3.8, 4) is 11.5 Å². The Morgan fingerprint density at radius 2 is 2.00 bits per heavy atom. The quantitative estimate of drug-likeness (QED) is 0.714. The van der Waals surface area contributed by atoms with Gasteiger partial charge in [0.05, 0.1) is 12.3 Å². The van der Waals surface area contributed by atoms with Crippen molar-refractivity contribution in [1.82, 2.24) is 20.3 Å². The first-order valence-corrected chi connectivity index (χ1v) is 7.35. The lowest BCUT2D eigenvalue weighted by Crippen LogP contribution is -1.95. The first-order valence-electron chi connectivity index (χ1n) is 5.98. The molecule has 0 aliphatic rings. The summed E-state index contributed by atoms with van der Waals surface area (Å²) in [4.78, 5) is 4.30. The molecule has 0 radical (unpaired) electrons. The van der Waals surface area contributed by atoms with Gasteiger partial charge in [0.2, 0.25) is 5.89 Å². The molecule has 2 aromatic heterocycles. The number of hydrogen-bond acceptors (Lipinski definition) is 8. The van der Waals surface area contributed by atoms with Gasteiger partial charge in [-0.05, 0) is 24.3 Å². The van der Waals surface area contributed by atoms with Gasteiger partial charge in [-0.2, -0.15) is 4.98 Å². The third-order valence-corrected chi connectivity index (χ3v) is 3.57. The van der Waals surface area contributed by atoms with E-state index in [0.29, 0.717) is 33.6 Å². The zero-order valence-electron chi connectivity index (χ0n) is 10.7. The molecule has 0 saturated heterocycles. The predicted molar refractivity (Wildman–Crippen MR) is 76.5 cm³/mol. The molecule has 21 heavy (non-hydrogen) atoms. The molecule has 1 aromatic carbocycles. The Balaban J connectivity index is 1.66. The molecule has 0 saturated carbocycles. The number of thioether (sulfide) groups is 1. The van der Waals surface area contributed by atoms with E-state index in [1.165, 1.54) is 11.8 Å². The molecule has 0 aliphatic carbocycles. The Morgan fingerprint density at radius 3 is 2.71 bits per heavy atom. The number of rotatable bonds is 5. The van der Waals surface area contributed by atoms with Crippen LogP contribution in [0.25, 0.3) is 11.5 Å². The van der Waals surface area contributed by atoms with E-state index < -0.39 is 0 Å². The molecule has 0 fully saturated rings. The van der Waals surface area contributed by atoms with Crippen molar-refractivity contribution in [2.24, 2.45) is 5.73 Å². The number of hydrogen-bond donors (Lipinski definition) is 1. The smallest absolute Gasteiger partial charge is 0.277 e. The van der Waals surface area contributed by atoms with E-state index in [1.54, 1.807) is 12.1 Å². The highest BCUT2D eigenvalue weighted by molar-refractivity contribution is 7.98. The Bertz CT molecular complexity index is 727. The molecule has 9 heteroatoms. The minimum atomic E-state index is 0.219. The summed E-state index contributed by atoms with van der Waals surface area (Å²) in [6.45, 7) is 0.219. The van der Waals surface area contributed by atoms with Crippen molar-refractivity contribution in [2.75, 3.05) is 0 Å². The predicted octanol–water partition coefficient (Wildman–Crippen LogP) is 2.52. The highest BCUT2D eigenvalue weighted by atomic mass is 35.5. The van der Waals surface area contributed by atoms with Crippen LogP contribution in [0.5, 0.6) is 0 Å². The van der Waals surface area contributed by atoms with Gasteiger partial charge in [-0.15, -0.1) is 10.2 Å². The summed E-state index contributed by atoms with van der Waals surface area (Å²) in [5, 5.41) is 12.6. The average Bonchev–Trinajstić information content (AvgIpc) is 3.15. The van der Waals surface area contributed by atoms with E-state index >= 15 is 0 Å². The zero-order valence-corrected chi connectivity index (χ0v) is 12.3. The monoisotopic (exact) mass is 323 g/mol. The van der Waals surface area contributed by atoms with Crippen molar-refractivity contribution in [3.63, 3.8) is 0 Å². The summed E-state index contributed by atoms with van der Waals surface area (Å²) in [5.74, 6) is 1.84. The van der Waals surface area contributed by atoms with Crippen LogP contribution in [0, 0.1) is 0 Å². The van der Waals surface area contributed by atoms with Crippen LogP contribution in [-0.4, -0.2) is 20.3 Å². The second-order valence-corrected chi connectivity index (χ2v) is 5.34. The Morgan fingerprint density at radius 1 is 1.19 bits per heavy atom. The molecular formula is C12H10ClN5O2S. The van der Waals surface area contributed by atoms with Gasteiger partial charge in [-0.1, -0.05) is 28.5 Å². The number of nitrogens with zero attached hydrogens (tertiary/aromatic N) is 4. The average molecular weight is 324 g/mol. The van der Waals surface area contributed by atoms with Crippen LogP contribution >= 0.6 is 23.4 Å². The van der Waals surface area contributed by atoms with Crippen LogP contribution in [0.4, 0.5) is 0 Å². The molecule has 3 aromatic rings. The van der Waals surface area contributed by atoms with Gasteiger partial charge in [0, 0.05) is 10.6 Å². The number of aromatic nitrogens is 4. The van der Waals surface area contributed by atoms with Gasteiger partial charge in [0.1, 0.15) is 0 Å². The van der Waals surface area contributed by atoms with Crippen LogP contribution < -0.4 is 5.73 Å². The fraction of sp³-hybridized carbons (Fsp3) is 0.167. The second kappa shape index (κ2) is 6.25. The normalized spacial score (nSPS) is 11.0. The molecule has 0 unspecified atom stereocenters. The van der Waals surface area contributed by atoms with E-state index in [9.17, 15) is 0 Å². The number of halogens is 1. The van der Waals surface area contributed by atoms with Gasteiger partial charge in [0.25, 0.3) is 11.1 Å². The van der Waals surface area contributed by atoms with Crippen LogP contribution in [0.1, 0.15) is 11.7 Å². The summed E-state index contributed by atoms with van der Waals surface area (Å²) in [6, 6.07) is 7.17. The molecule has 2 heterocycles. The van der Waals surface area contributed by atoms with Crippen molar-refractivity contribution >= 4 is 23.4 Å². The van der Waals surface area contributed by atoms with E-state index in [2.05, 4.69) is 20.3 Å². The summed E-state index contributed by atoms with van der Waals surface area (Å²) in [6.07, 6.45) is 0. The van der Waals surface area contributed by atoms with E-state index in [1.807, 2.05) is 12.1 Å². The third-order valence-electron chi connectivity index (χ3n) is 2.51. The van der Waals surface area contributed by atoms with Gasteiger partial charge in [-0.25, -0.2) is 0 Å². The topological polar surface area (TPSA) is 104 Å². The fourth-order valence-electron chi connectivity index (χ4n) is 1.53. The van der Waals surface area contributed by atoms with Crippen molar-refractivity contribution in [2.45, 2.75) is 17.5 Å². The second-order valence-electron chi connectivity index (χ2n) is 3.98. The first-order chi connectivity index (χ1) is 10.2. The Hall–Kier alpha value is -1.90. The maximum absolute atomic E-state index is 5.83. The number of nitrogens with two attached hydrogens (primary N) is 1. The largest absolute Gasteiger partial charge is 0.415 e. The minimum Gasteiger partial charge on any atom is -0.415 e. The van der Waals surface area contributed by atoms with Crippen molar-refractivity contribution in [1.29, 1.82) is 0 Å². The zero-order chi connectivity index (χ0) is 14.7. The van der Waals surface area contributed by atoms with Crippen LogP contribution in [0.15, 0.2) is 38.4 Å². The van der Waals surface area contributed by atoms with E-state index in [4.69, 9.17) is 26.3 Å². The van der Waals surface area contributed by atoms with Crippen molar-refractivity contribution in [3.05, 3.63) is 41.0 Å². The van der Waals surface area contributed by atoms with Gasteiger partial charge >= 0.3 is 0 Å². The van der Waals surface area contributed by atoms with Crippen LogP contribution in [0.2, 0.25) is 5.02 Å². The summed E-state index contributed by atoms with van der Waals surface area (Å²) in [7, 11) is 0. The lowest BCUT2D eigenvalue weighted by atomic mass is 10.2. The first kappa shape index (κ1) is 14.1. The van der Waals surface area contributed by atoms with E-state index in [0.717, 1.165) is 5.56 Å². The highest BCUT2D eigenvalue weighted by Crippen LogP contribution is 2.23. The lowest BCUT2D eigenvalue weighted by molar-refractivity contribution is 0.414. The Kier molecular flexibility index (Phi) is 4.18. The molecule has 3 rings (SSSR count). The van der Waals surface area contributed by atoms with Gasteiger partial charge in [-0.3, -0.25) is 0 Å². The standard InChI is InChI=1S/C12H10ClN5O2S/c13-8-3-1-7(2-4-8)11-15-9(18-20-11)6-21-12-17-16-10(5-14)19-12/h1-4H,5-6,14H2. The summed E-state index contributed by atoms with van der Waals surface area (Å²) >= 11 is 7.15. The molecule has 2 N–H and O–H groups in total. The molecule has 108 valence electrons. The molecule has 0 atom stereocenters. The molecule has 0 amide bonds. The molecule has 0 aliphatic heterocycles. The minimum absolute atomic E-state index is 0.219. The fourth-order valence-corrected chi connectivity index (χ4v) is 2.28. The van der Waals surface area contributed by atoms with Crippen LogP contribution in [-0.2, 0) is 12.3 Å². The Labute approximate surface area is 128 Å². The maximum atomic E-state index is 5.83. The van der Waals surface area contributed by atoms with Crippen LogP contribution in [0.3, 0.4) is 0 Å². The third kappa shape index (κ3) is 3.41. The molecular weight excluding hydrogens is 314 g/mol. The van der Waals surface area contributed by atoms with E-state index in [-0.39, 0.29) is 6.54 Å². The molecule has 0 bridgehead atoms. The summed E-state index contributed by atoms with van der Waals surface area (Å²) < 4.78 is 10.5. The summed E-state index contributed by atoms with van der Waals surface area (Å²) in [5.41, 5.74) is 6.21. The number of benzene rings is 1. The molecule has 7 nitrogen and oxygen atoms in total. The van der Waals surface area contributed by atoms with Gasteiger partial charge < -0.3 is 14.7 Å². The highest BCUT2D eigenvalue weighted by Gasteiger charge is 2.11. The van der Waals surface area contributed by atoms with Gasteiger partial charge in [0.15, 0.2) is 5.82 Å². The lowest BCUT2D eigenvalue weighted by Gasteiger charge is -1.93. The SMILES string of the molecule is NCc1nnc(SCc2noc(-c3ccc(Cl)cc3)n2)o1.